The summed E-state index contributed by atoms with van der Waals surface area (Å²) in [6.45, 7) is 4.41. The van der Waals surface area contributed by atoms with Crippen molar-refractivity contribution < 1.29 is 0 Å². The fourth-order valence-corrected chi connectivity index (χ4v) is 4.54. The Morgan fingerprint density at radius 1 is 0.375 bits per heavy atom. The average Bonchev–Trinajstić information content (AvgIpc) is 3.04. The molecule has 0 bridgehead atoms. The van der Waals surface area contributed by atoms with Crippen LogP contribution in [0, 0.1) is 0 Å². The van der Waals surface area contributed by atoms with Crippen LogP contribution in [0.3, 0.4) is 0 Å². The van der Waals surface area contributed by atoms with E-state index in [4.69, 9.17) is 0 Å². The van der Waals surface area contributed by atoms with Gasteiger partial charge in [-0.25, -0.2) is 0 Å². The van der Waals surface area contributed by atoms with Crippen LogP contribution in [-0.2, 0) is 0 Å². The molecule has 40 heavy (non-hydrogen) atoms. The molecule has 5 aromatic rings. The van der Waals surface area contributed by atoms with Gasteiger partial charge in [-0.2, -0.15) is 0 Å². The molecule has 0 aliphatic heterocycles. The fourth-order valence-electron chi connectivity index (χ4n) is 4.54. The molecule has 0 radical (unpaired) electrons. The second-order valence-electron chi connectivity index (χ2n) is 9.53. The van der Waals surface area contributed by atoms with Gasteiger partial charge >= 0.3 is 0 Å². The Morgan fingerprint density at radius 3 is 1.20 bits per heavy atom. The lowest BCUT2D eigenvalue weighted by molar-refractivity contribution is 1.58. The summed E-state index contributed by atoms with van der Waals surface area (Å²) in [6.07, 6.45) is 11.1. The summed E-state index contributed by atoms with van der Waals surface area (Å²) in [5.74, 6) is 0. The molecule has 0 spiro atoms. The highest BCUT2D eigenvalue weighted by atomic mass is 14.1. The van der Waals surface area contributed by atoms with E-state index in [0.717, 1.165) is 44.5 Å². The van der Waals surface area contributed by atoms with Gasteiger partial charge in [0.2, 0.25) is 0 Å². The summed E-state index contributed by atoms with van der Waals surface area (Å²) in [5.41, 5.74) is 10.1. The molecule has 0 aromatic heterocycles. The average molecular weight is 513 g/mol. The highest BCUT2D eigenvalue weighted by Crippen LogP contribution is 2.30. The molecule has 0 heteroatoms. The largest absolute Gasteiger partial charge is 0.0911 e. The topological polar surface area (TPSA) is 0 Å². The number of rotatable bonds is 9. The Bertz CT molecular complexity index is 1640. The number of benzene rings is 5. The molecule has 0 aliphatic carbocycles. The maximum Gasteiger partial charge on any atom is -0.0172 e. The Morgan fingerprint density at radius 2 is 0.725 bits per heavy atom. The van der Waals surface area contributed by atoms with Crippen molar-refractivity contribution in [3.05, 3.63) is 210 Å². The van der Waals surface area contributed by atoms with Gasteiger partial charge in [0.05, 0.1) is 0 Å². The minimum absolute atomic E-state index is 0.972. The van der Waals surface area contributed by atoms with Gasteiger partial charge in [0.1, 0.15) is 0 Å². The Balaban J connectivity index is 1.68. The van der Waals surface area contributed by atoms with Crippen LogP contribution in [0.4, 0.5) is 0 Å². The Labute approximate surface area is 238 Å². The van der Waals surface area contributed by atoms with Crippen molar-refractivity contribution in [3.63, 3.8) is 0 Å². The van der Waals surface area contributed by atoms with Crippen LogP contribution in [0.2, 0.25) is 0 Å². The quantitative estimate of drug-likeness (QED) is 0.172. The molecule has 5 aromatic carbocycles. The molecule has 0 nitrogen and oxygen atoms in total. The molecule has 0 N–H and O–H groups in total. The van der Waals surface area contributed by atoms with Gasteiger partial charge in [-0.1, -0.05) is 170 Å². The minimum atomic E-state index is 0.972. The third-order valence-corrected chi connectivity index (χ3v) is 6.67. The van der Waals surface area contributed by atoms with Crippen LogP contribution >= 0.6 is 0 Å². The van der Waals surface area contributed by atoms with Gasteiger partial charge in [0, 0.05) is 0 Å². The predicted molar refractivity (Wildman–Crippen MR) is 174 cm³/mol. The second-order valence-corrected chi connectivity index (χ2v) is 9.53. The Hall–Kier alpha value is -5.20. The van der Waals surface area contributed by atoms with E-state index in [1.165, 1.54) is 5.56 Å². The van der Waals surface area contributed by atoms with Crippen molar-refractivity contribution in [1.82, 2.24) is 0 Å². The first kappa shape index (κ1) is 26.4. The number of allylic oxidation sites excluding steroid dienone is 8. The zero-order valence-corrected chi connectivity index (χ0v) is 22.5. The first-order chi connectivity index (χ1) is 19.8. The third-order valence-electron chi connectivity index (χ3n) is 6.67. The van der Waals surface area contributed by atoms with Gasteiger partial charge < -0.3 is 0 Å². The molecule has 0 fully saturated rings. The molecule has 0 unspecified atom stereocenters. The SMILES string of the molecule is C=C(\C=C(/C=C(\C=C(/C=C/c1ccccc1)c1ccccc1)c1ccccc1)c1ccccc1)c1ccccc1. The van der Waals surface area contributed by atoms with Gasteiger partial charge in [0.15, 0.2) is 0 Å². The van der Waals surface area contributed by atoms with E-state index >= 15 is 0 Å². The normalized spacial score (nSPS) is 12.4. The lowest BCUT2D eigenvalue weighted by Crippen LogP contribution is -1.89. The van der Waals surface area contributed by atoms with E-state index in [2.05, 4.69) is 176 Å². The first-order valence-corrected chi connectivity index (χ1v) is 13.5. The highest BCUT2D eigenvalue weighted by molar-refractivity contribution is 5.96. The maximum atomic E-state index is 4.41. The van der Waals surface area contributed by atoms with Gasteiger partial charge in [-0.15, -0.1) is 0 Å². The summed E-state index contributed by atoms with van der Waals surface area (Å²) >= 11 is 0. The van der Waals surface area contributed by atoms with E-state index in [1.807, 2.05) is 12.1 Å². The predicted octanol–water partition coefficient (Wildman–Crippen LogP) is 10.7. The molecule has 0 aliphatic rings. The van der Waals surface area contributed by atoms with Gasteiger partial charge in [-0.05, 0) is 68.3 Å². The van der Waals surface area contributed by atoms with E-state index < -0.39 is 0 Å². The Kier molecular flexibility index (Phi) is 8.95. The van der Waals surface area contributed by atoms with Crippen molar-refractivity contribution in [2.75, 3.05) is 0 Å². The minimum Gasteiger partial charge on any atom is -0.0911 e. The summed E-state index contributed by atoms with van der Waals surface area (Å²) in [4.78, 5) is 0. The zero-order chi connectivity index (χ0) is 27.4. The fraction of sp³-hybridized carbons (Fsp3) is 0. The van der Waals surface area contributed by atoms with Crippen molar-refractivity contribution in [1.29, 1.82) is 0 Å². The van der Waals surface area contributed by atoms with Crippen LogP contribution in [-0.4, -0.2) is 0 Å². The van der Waals surface area contributed by atoms with Crippen LogP contribution < -0.4 is 0 Å². The van der Waals surface area contributed by atoms with Gasteiger partial charge in [-0.3, -0.25) is 0 Å². The molecule has 0 saturated heterocycles. The molecular formula is C40H32. The molecular weight excluding hydrogens is 480 g/mol. The lowest BCUT2D eigenvalue weighted by atomic mass is 9.93. The van der Waals surface area contributed by atoms with E-state index in [-0.39, 0.29) is 0 Å². The molecule has 0 atom stereocenters. The van der Waals surface area contributed by atoms with Crippen LogP contribution in [0.5, 0.6) is 0 Å². The zero-order valence-electron chi connectivity index (χ0n) is 22.5. The molecule has 0 heterocycles. The van der Waals surface area contributed by atoms with Crippen molar-refractivity contribution >= 4 is 28.4 Å². The number of hydrogen-bond acceptors (Lipinski definition) is 0. The summed E-state index contributed by atoms with van der Waals surface area (Å²) in [7, 11) is 0. The summed E-state index contributed by atoms with van der Waals surface area (Å²) < 4.78 is 0. The van der Waals surface area contributed by atoms with E-state index in [1.54, 1.807) is 0 Å². The number of hydrogen-bond donors (Lipinski definition) is 0. The summed E-state index contributed by atoms with van der Waals surface area (Å²) in [5, 5.41) is 0. The van der Waals surface area contributed by atoms with Crippen LogP contribution in [0.15, 0.2) is 183 Å². The third kappa shape index (κ3) is 7.22. The standard InChI is InChI=1S/C40H32/c1-32(34-19-9-3-10-20-34)29-39(36-23-13-5-14-24-36)31-40(37-25-15-6-16-26-37)30-38(35-21-11-4-12-22-35)28-27-33-17-7-2-8-18-33/h2-31H,1H2/b28-27+,38-30+,39-29+,40-31+. The molecule has 0 saturated carbocycles. The van der Waals surface area contributed by atoms with Crippen LogP contribution in [0.1, 0.15) is 27.8 Å². The second kappa shape index (κ2) is 13.6. The van der Waals surface area contributed by atoms with Crippen molar-refractivity contribution in [3.8, 4) is 0 Å². The first-order valence-electron chi connectivity index (χ1n) is 13.5. The highest BCUT2D eigenvalue weighted by Gasteiger charge is 2.07. The maximum absolute atomic E-state index is 4.41. The van der Waals surface area contributed by atoms with Crippen molar-refractivity contribution in [2.24, 2.45) is 0 Å². The molecule has 0 amide bonds. The smallest absolute Gasteiger partial charge is 0.0172 e. The lowest BCUT2D eigenvalue weighted by Gasteiger charge is -2.11. The van der Waals surface area contributed by atoms with Gasteiger partial charge in [0.25, 0.3) is 0 Å². The molecule has 192 valence electrons. The van der Waals surface area contributed by atoms with E-state index in [9.17, 15) is 0 Å². The van der Waals surface area contributed by atoms with Crippen molar-refractivity contribution in [2.45, 2.75) is 0 Å². The molecule has 5 rings (SSSR count). The monoisotopic (exact) mass is 512 g/mol. The van der Waals surface area contributed by atoms with Crippen LogP contribution in [0.25, 0.3) is 28.4 Å². The summed E-state index contributed by atoms with van der Waals surface area (Å²) in [6, 6.07) is 52.4. The van der Waals surface area contributed by atoms with E-state index in [0.29, 0.717) is 0 Å².